The van der Waals surface area contributed by atoms with Crippen LogP contribution < -0.4 is 14.4 Å². The molecular formula is C22H21ClFN5O4S. The minimum Gasteiger partial charge on any atom is -0.484 e. The number of aromatic nitrogens is 2. The van der Waals surface area contributed by atoms with Crippen LogP contribution in [0.3, 0.4) is 0 Å². The molecule has 12 heteroatoms. The number of anilines is 2. The topological polar surface area (TPSA) is 105 Å². The molecule has 9 nitrogen and oxygen atoms in total. The monoisotopic (exact) mass is 505 g/mol. The Morgan fingerprint density at radius 3 is 2.38 bits per heavy atom. The Morgan fingerprint density at radius 2 is 1.74 bits per heavy atom. The van der Waals surface area contributed by atoms with Crippen LogP contribution in [0.15, 0.2) is 65.8 Å². The van der Waals surface area contributed by atoms with E-state index < -0.39 is 15.8 Å². The molecule has 1 fully saturated rings. The van der Waals surface area contributed by atoms with Crippen molar-refractivity contribution in [3.8, 4) is 5.75 Å². The highest BCUT2D eigenvalue weighted by Crippen LogP contribution is 2.22. The molecule has 1 N–H and O–H groups in total. The molecular weight excluding hydrogens is 485 g/mol. The standard InChI is InChI=1S/C22H21ClFN5O4S/c23-19-14-17(4-7-20(19)24)33-15-21(30)29-12-10-28(11-13-29)16-2-5-18(6-3-16)34(31,32)27-22-25-8-1-9-26-22/h1-9,14H,10-13,15H2,(H,25,26,27). The third-order valence-corrected chi connectivity index (χ3v) is 6.82. The average Bonchev–Trinajstić information content (AvgIpc) is 2.85. The van der Waals surface area contributed by atoms with Crippen LogP contribution in [0, 0.1) is 5.82 Å². The molecule has 34 heavy (non-hydrogen) atoms. The van der Waals surface area contributed by atoms with Crippen molar-refractivity contribution < 1.29 is 22.3 Å². The van der Waals surface area contributed by atoms with E-state index >= 15 is 0 Å². The highest BCUT2D eigenvalue weighted by Gasteiger charge is 2.22. The Labute approximate surface area is 201 Å². The molecule has 1 saturated heterocycles. The van der Waals surface area contributed by atoms with Gasteiger partial charge < -0.3 is 14.5 Å². The minimum absolute atomic E-state index is 0.00105. The van der Waals surface area contributed by atoms with Crippen molar-refractivity contribution in [2.75, 3.05) is 42.4 Å². The first-order valence-corrected chi connectivity index (χ1v) is 12.2. The third-order valence-electron chi connectivity index (χ3n) is 5.19. The summed E-state index contributed by atoms with van der Waals surface area (Å²) in [6, 6.07) is 12.0. The number of nitrogens with one attached hydrogen (secondary N) is 1. The highest BCUT2D eigenvalue weighted by molar-refractivity contribution is 7.92. The lowest BCUT2D eigenvalue weighted by molar-refractivity contribution is -0.133. The zero-order chi connectivity index (χ0) is 24.1. The van der Waals surface area contributed by atoms with Crippen LogP contribution in [0.1, 0.15) is 0 Å². The maximum absolute atomic E-state index is 13.2. The van der Waals surface area contributed by atoms with E-state index in [0.29, 0.717) is 31.9 Å². The molecule has 0 saturated carbocycles. The summed E-state index contributed by atoms with van der Waals surface area (Å²) in [4.78, 5) is 24.0. The number of hydrogen-bond donors (Lipinski definition) is 1. The van der Waals surface area contributed by atoms with Gasteiger partial charge in [0.15, 0.2) is 6.61 Å². The molecule has 4 rings (SSSR count). The van der Waals surface area contributed by atoms with Gasteiger partial charge >= 0.3 is 0 Å². The van der Waals surface area contributed by atoms with Gasteiger partial charge in [0.2, 0.25) is 5.95 Å². The number of sulfonamides is 1. The number of halogens is 2. The number of carbonyl (C=O) groups excluding carboxylic acids is 1. The molecule has 1 aliphatic heterocycles. The van der Waals surface area contributed by atoms with Crippen molar-refractivity contribution in [2.24, 2.45) is 0 Å². The normalized spacial score (nSPS) is 14.1. The Kier molecular flexibility index (Phi) is 7.13. The summed E-state index contributed by atoms with van der Waals surface area (Å²) in [7, 11) is -3.80. The van der Waals surface area contributed by atoms with Crippen molar-refractivity contribution in [1.82, 2.24) is 14.9 Å². The largest absolute Gasteiger partial charge is 0.484 e. The van der Waals surface area contributed by atoms with E-state index in [4.69, 9.17) is 16.3 Å². The highest BCUT2D eigenvalue weighted by atomic mass is 35.5. The Morgan fingerprint density at radius 1 is 1.06 bits per heavy atom. The predicted octanol–water partition coefficient (Wildman–Crippen LogP) is 2.80. The molecule has 0 bridgehead atoms. The Hall–Kier alpha value is -3.44. The zero-order valence-corrected chi connectivity index (χ0v) is 19.5. The number of hydrogen-bond acceptors (Lipinski definition) is 7. The van der Waals surface area contributed by atoms with Gasteiger partial charge in [-0.05, 0) is 42.5 Å². The maximum Gasteiger partial charge on any atom is 0.264 e. The first kappa shape index (κ1) is 23.7. The van der Waals surface area contributed by atoms with Gasteiger partial charge in [-0.1, -0.05) is 11.6 Å². The minimum atomic E-state index is -3.80. The molecule has 1 aliphatic rings. The smallest absolute Gasteiger partial charge is 0.264 e. The molecule has 0 unspecified atom stereocenters. The molecule has 1 amide bonds. The SMILES string of the molecule is O=C(COc1ccc(F)c(Cl)c1)N1CCN(c2ccc(S(=O)(=O)Nc3ncccn3)cc2)CC1. The van der Waals surface area contributed by atoms with Crippen LogP contribution in [-0.4, -0.2) is 62.0 Å². The second kappa shape index (κ2) is 10.2. The van der Waals surface area contributed by atoms with Gasteiger partial charge in [-0.3, -0.25) is 4.79 Å². The Bertz CT molecular complexity index is 1250. The lowest BCUT2D eigenvalue weighted by Crippen LogP contribution is -2.50. The van der Waals surface area contributed by atoms with Crippen molar-refractivity contribution in [3.63, 3.8) is 0 Å². The summed E-state index contributed by atoms with van der Waals surface area (Å²) in [5.41, 5.74) is 0.846. The fourth-order valence-corrected chi connectivity index (χ4v) is 4.51. The molecule has 0 aliphatic carbocycles. The van der Waals surface area contributed by atoms with Gasteiger partial charge in [0.1, 0.15) is 11.6 Å². The lowest BCUT2D eigenvalue weighted by Gasteiger charge is -2.36. The summed E-state index contributed by atoms with van der Waals surface area (Å²) in [5, 5.41) is -0.0680. The second-order valence-electron chi connectivity index (χ2n) is 7.40. The molecule has 2 heterocycles. The van der Waals surface area contributed by atoms with E-state index in [1.54, 1.807) is 23.1 Å². The second-order valence-corrected chi connectivity index (χ2v) is 9.49. The summed E-state index contributed by atoms with van der Waals surface area (Å²) in [6.07, 6.45) is 2.89. The predicted molar refractivity (Wildman–Crippen MR) is 125 cm³/mol. The van der Waals surface area contributed by atoms with Gasteiger partial charge in [-0.2, -0.15) is 0 Å². The first-order valence-electron chi connectivity index (χ1n) is 10.3. The van der Waals surface area contributed by atoms with E-state index in [2.05, 4.69) is 19.6 Å². The summed E-state index contributed by atoms with van der Waals surface area (Å²) in [5.74, 6) is -0.417. The van der Waals surface area contributed by atoms with E-state index in [9.17, 15) is 17.6 Å². The van der Waals surface area contributed by atoms with Crippen LogP contribution in [0.5, 0.6) is 5.75 Å². The number of ether oxygens (including phenoxy) is 1. The lowest BCUT2D eigenvalue weighted by atomic mass is 10.2. The van der Waals surface area contributed by atoms with Crippen molar-refractivity contribution in [2.45, 2.75) is 4.90 Å². The fourth-order valence-electron chi connectivity index (χ4n) is 3.38. The van der Waals surface area contributed by atoms with Crippen molar-refractivity contribution in [1.29, 1.82) is 0 Å². The van der Waals surface area contributed by atoms with Gasteiger partial charge in [0.05, 0.1) is 9.92 Å². The van der Waals surface area contributed by atoms with Gasteiger partial charge in [0, 0.05) is 50.3 Å². The van der Waals surface area contributed by atoms with Crippen LogP contribution in [0.2, 0.25) is 5.02 Å². The number of piperazine rings is 1. The first-order chi connectivity index (χ1) is 16.3. The Balaban J connectivity index is 1.29. The van der Waals surface area contributed by atoms with Crippen molar-refractivity contribution >= 4 is 39.2 Å². The number of benzene rings is 2. The quantitative estimate of drug-likeness (QED) is 0.526. The molecule has 1 aromatic heterocycles. The van der Waals surface area contributed by atoms with Crippen LogP contribution in [-0.2, 0) is 14.8 Å². The number of amides is 1. The summed E-state index contributed by atoms with van der Waals surface area (Å²) in [6.45, 7) is 1.96. The van der Waals surface area contributed by atoms with E-state index in [1.807, 2.05) is 0 Å². The fraction of sp³-hybridized carbons (Fsp3) is 0.227. The number of carbonyl (C=O) groups is 1. The molecule has 0 atom stereocenters. The average molecular weight is 506 g/mol. The van der Waals surface area contributed by atoms with E-state index in [1.165, 1.54) is 42.7 Å². The van der Waals surface area contributed by atoms with Crippen LogP contribution >= 0.6 is 11.6 Å². The van der Waals surface area contributed by atoms with Crippen LogP contribution in [0.25, 0.3) is 0 Å². The summed E-state index contributed by atoms with van der Waals surface area (Å²) >= 11 is 5.72. The van der Waals surface area contributed by atoms with Crippen molar-refractivity contribution in [3.05, 3.63) is 71.8 Å². The zero-order valence-electron chi connectivity index (χ0n) is 17.9. The molecule has 2 aromatic carbocycles. The molecule has 3 aromatic rings. The van der Waals surface area contributed by atoms with E-state index in [-0.39, 0.29) is 28.4 Å². The van der Waals surface area contributed by atoms with Gasteiger partial charge in [-0.15, -0.1) is 0 Å². The number of nitrogens with zero attached hydrogens (tertiary/aromatic N) is 4. The maximum atomic E-state index is 13.2. The van der Waals surface area contributed by atoms with Gasteiger partial charge in [-0.25, -0.2) is 27.5 Å². The number of rotatable bonds is 7. The van der Waals surface area contributed by atoms with Gasteiger partial charge in [0.25, 0.3) is 15.9 Å². The van der Waals surface area contributed by atoms with E-state index in [0.717, 1.165) is 5.69 Å². The third kappa shape index (κ3) is 5.72. The summed E-state index contributed by atoms with van der Waals surface area (Å²) < 4.78 is 46.0. The molecule has 178 valence electrons. The molecule has 0 radical (unpaired) electrons. The molecule has 0 spiro atoms. The van der Waals surface area contributed by atoms with Crippen LogP contribution in [0.4, 0.5) is 16.0 Å².